The van der Waals surface area contributed by atoms with Crippen molar-refractivity contribution in [3.05, 3.63) is 12.2 Å². The maximum absolute atomic E-state index is 11.6. The fourth-order valence-electron chi connectivity index (χ4n) is 1.71. The van der Waals surface area contributed by atoms with Gasteiger partial charge in [0.15, 0.2) is 0 Å². The van der Waals surface area contributed by atoms with Crippen LogP contribution in [0.2, 0.25) is 0 Å². The molecular weight excluding hydrogens is 192 g/mol. The maximum Gasteiger partial charge on any atom is 0.317 e. The number of hydrogen-bond donors (Lipinski definition) is 2. The Labute approximate surface area is 91.0 Å². The highest BCUT2D eigenvalue weighted by Gasteiger charge is 2.24. The minimum Gasteiger partial charge on any atom is -0.396 e. The number of hydrogen-bond acceptors (Lipinski definition) is 2. The summed E-state index contributed by atoms with van der Waals surface area (Å²) in [5, 5.41) is 11.8. The lowest BCUT2D eigenvalue weighted by atomic mass is 10.1. The smallest absolute Gasteiger partial charge is 0.317 e. The third kappa shape index (κ3) is 3.91. The summed E-state index contributed by atoms with van der Waals surface area (Å²) < 4.78 is 0. The van der Waals surface area contributed by atoms with Crippen molar-refractivity contribution in [3.8, 4) is 0 Å². The molecule has 0 aromatic carbocycles. The monoisotopic (exact) mass is 212 g/mol. The molecule has 0 radical (unpaired) electrons. The fraction of sp³-hybridized carbons (Fsp3) is 0.727. The third-order valence-corrected chi connectivity index (χ3v) is 2.65. The van der Waals surface area contributed by atoms with Crippen LogP contribution in [0, 0.1) is 5.92 Å². The van der Waals surface area contributed by atoms with E-state index in [-0.39, 0.29) is 18.6 Å². The average Bonchev–Trinajstić information content (AvgIpc) is 2.72. The van der Waals surface area contributed by atoms with Gasteiger partial charge in [-0.15, -0.1) is 0 Å². The first-order valence-corrected chi connectivity index (χ1v) is 5.52. The Balaban J connectivity index is 2.17. The van der Waals surface area contributed by atoms with Crippen molar-refractivity contribution in [2.24, 2.45) is 5.92 Å². The summed E-state index contributed by atoms with van der Waals surface area (Å²) in [6, 6.07) is -0.00421. The molecule has 1 fully saturated rings. The van der Waals surface area contributed by atoms with E-state index in [4.69, 9.17) is 5.11 Å². The van der Waals surface area contributed by atoms with Crippen LogP contribution in [0.4, 0.5) is 4.79 Å². The number of nitrogens with zero attached hydrogens (tertiary/aromatic N) is 1. The summed E-state index contributed by atoms with van der Waals surface area (Å²) >= 11 is 0. The Morgan fingerprint density at radius 2 is 2.47 bits per heavy atom. The van der Waals surface area contributed by atoms with E-state index in [1.807, 2.05) is 19.1 Å². The molecular formula is C11H20N2O2. The molecule has 1 atom stereocenters. The van der Waals surface area contributed by atoms with Gasteiger partial charge >= 0.3 is 6.03 Å². The van der Waals surface area contributed by atoms with E-state index in [1.165, 1.54) is 0 Å². The second-order valence-corrected chi connectivity index (χ2v) is 3.87. The largest absolute Gasteiger partial charge is 0.396 e. The minimum atomic E-state index is -0.00421. The van der Waals surface area contributed by atoms with Crippen LogP contribution in [-0.2, 0) is 0 Å². The van der Waals surface area contributed by atoms with Crippen molar-refractivity contribution >= 4 is 6.03 Å². The molecule has 0 aromatic heterocycles. The molecule has 1 aliphatic heterocycles. The van der Waals surface area contributed by atoms with Gasteiger partial charge in [0.05, 0.1) is 0 Å². The molecule has 0 aromatic rings. The van der Waals surface area contributed by atoms with Crippen LogP contribution in [0.15, 0.2) is 12.2 Å². The van der Waals surface area contributed by atoms with Gasteiger partial charge < -0.3 is 15.3 Å². The summed E-state index contributed by atoms with van der Waals surface area (Å²) in [6.07, 6.45) is 5.79. The van der Waals surface area contributed by atoms with Gasteiger partial charge in [-0.2, -0.15) is 0 Å². The molecule has 1 rings (SSSR count). The van der Waals surface area contributed by atoms with E-state index < -0.39 is 0 Å². The van der Waals surface area contributed by atoms with Crippen LogP contribution in [0.1, 0.15) is 19.8 Å². The lowest BCUT2D eigenvalue weighted by Gasteiger charge is -2.16. The summed E-state index contributed by atoms with van der Waals surface area (Å²) in [6.45, 7) is 4.28. The number of aliphatic hydroxyl groups is 1. The number of aliphatic hydroxyl groups excluding tert-OH is 1. The number of rotatable bonds is 4. The van der Waals surface area contributed by atoms with Gasteiger partial charge in [0.2, 0.25) is 0 Å². The number of urea groups is 1. The van der Waals surface area contributed by atoms with Crippen LogP contribution >= 0.6 is 0 Å². The summed E-state index contributed by atoms with van der Waals surface area (Å²) in [5.74, 6) is 0.270. The summed E-state index contributed by atoms with van der Waals surface area (Å²) in [4.78, 5) is 13.4. The van der Waals surface area contributed by atoms with E-state index in [2.05, 4.69) is 5.32 Å². The Morgan fingerprint density at radius 3 is 3.07 bits per heavy atom. The lowest BCUT2D eigenvalue weighted by Crippen LogP contribution is -2.38. The van der Waals surface area contributed by atoms with Crippen molar-refractivity contribution in [1.82, 2.24) is 10.2 Å². The van der Waals surface area contributed by atoms with Crippen molar-refractivity contribution < 1.29 is 9.90 Å². The van der Waals surface area contributed by atoms with Crippen molar-refractivity contribution in [2.45, 2.75) is 19.8 Å². The molecule has 0 saturated carbocycles. The van der Waals surface area contributed by atoms with E-state index in [0.29, 0.717) is 13.1 Å². The Hall–Kier alpha value is -1.03. The number of carbonyl (C=O) groups excluding carboxylic acids is 1. The highest BCUT2D eigenvalue weighted by atomic mass is 16.3. The van der Waals surface area contributed by atoms with Crippen LogP contribution in [0.25, 0.3) is 0 Å². The highest BCUT2D eigenvalue weighted by molar-refractivity contribution is 5.74. The Bertz CT molecular complexity index is 229. The second kappa shape index (κ2) is 6.45. The number of allylic oxidation sites excluding steroid dienone is 1. The highest BCUT2D eigenvalue weighted by Crippen LogP contribution is 2.14. The topological polar surface area (TPSA) is 52.6 Å². The molecule has 2 amide bonds. The van der Waals surface area contributed by atoms with Crippen LogP contribution in [0.5, 0.6) is 0 Å². The molecule has 0 bridgehead atoms. The zero-order valence-corrected chi connectivity index (χ0v) is 9.28. The Kier molecular flexibility index (Phi) is 5.18. The van der Waals surface area contributed by atoms with Crippen molar-refractivity contribution in [2.75, 3.05) is 26.2 Å². The molecule has 2 N–H and O–H groups in total. The molecule has 1 aliphatic rings. The van der Waals surface area contributed by atoms with E-state index in [1.54, 1.807) is 4.90 Å². The van der Waals surface area contributed by atoms with Gasteiger partial charge in [0.25, 0.3) is 0 Å². The molecule has 1 heterocycles. The van der Waals surface area contributed by atoms with Crippen LogP contribution in [-0.4, -0.2) is 42.3 Å². The van der Waals surface area contributed by atoms with Gasteiger partial charge in [0.1, 0.15) is 0 Å². The number of likely N-dealkylation sites (tertiary alicyclic amines) is 1. The number of carbonyl (C=O) groups is 1. The first kappa shape index (κ1) is 12.0. The number of amides is 2. The molecule has 1 saturated heterocycles. The molecule has 15 heavy (non-hydrogen) atoms. The van der Waals surface area contributed by atoms with Crippen LogP contribution < -0.4 is 5.32 Å². The van der Waals surface area contributed by atoms with E-state index in [0.717, 1.165) is 19.4 Å². The molecule has 86 valence electrons. The van der Waals surface area contributed by atoms with E-state index in [9.17, 15) is 4.79 Å². The standard InChI is InChI=1S/C11H20N2O2/c1-2-3-4-6-12-11(15)13-7-5-10(8-13)9-14/h2-3,10,14H,4-9H2,1H3,(H,12,15)/b3-2+. The molecule has 1 unspecified atom stereocenters. The quantitative estimate of drug-likeness (QED) is 0.539. The predicted molar refractivity (Wildman–Crippen MR) is 59.6 cm³/mol. The fourth-order valence-corrected chi connectivity index (χ4v) is 1.71. The lowest BCUT2D eigenvalue weighted by molar-refractivity contribution is 0.198. The summed E-state index contributed by atoms with van der Waals surface area (Å²) in [5.41, 5.74) is 0. The van der Waals surface area contributed by atoms with Crippen molar-refractivity contribution in [3.63, 3.8) is 0 Å². The zero-order valence-electron chi connectivity index (χ0n) is 9.28. The summed E-state index contributed by atoms with van der Waals surface area (Å²) in [7, 11) is 0. The predicted octanol–water partition coefficient (Wildman–Crippen LogP) is 0.976. The third-order valence-electron chi connectivity index (χ3n) is 2.65. The minimum absolute atomic E-state index is 0.00421. The second-order valence-electron chi connectivity index (χ2n) is 3.87. The van der Waals surface area contributed by atoms with Gasteiger partial charge in [-0.3, -0.25) is 0 Å². The van der Waals surface area contributed by atoms with Gasteiger partial charge in [-0.1, -0.05) is 12.2 Å². The molecule has 0 aliphatic carbocycles. The molecule has 0 spiro atoms. The normalized spacial score (nSPS) is 21.2. The Morgan fingerprint density at radius 1 is 1.67 bits per heavy atom. The number of nitrogens with one attached hydrogen (secondary N) is 1. The molecule has 4 heteroatoms. The van der Waals surface area contributed by atoms with Gasteiger partial charge in [0, 0.05) is 32.2 Å². The first-order valence-electron chi connectivity index (χ1n) is 5.52. The maximum atomic E-state index is 11.6. The van der Waals surface area contributed by atoms with Crippen molar-refractivity contribution in [1.29, 1.82) is 0 Å². The van der Waals surface area contributed by atoms with Gasteiger partial charge in [-0.05, 0) is 19.8 Å². The molecule has 4 nitrogen and oxygen atoms in total. The zero-order chi connectivity index (χ0) is 11.1. The van der Waals surface area contributed by atoms with E-state index >= 15 is 0 Å². The van der Waals surface area contributed by atoms with Gasteiger partial charge in [-0.25, -0.2) is 4.79 Å². The first-order chi connectivity index (χ1) is 7.27. The van der Waals surface area contributed by atoms with Crippen LogP contribution in [0.3, 0.4) is 0 Å². The average molecular weight is 212 g/mol. The SMILES string of the molecule is C/C=C/CCNC(=O)N1CCC(CO)C1.